The summed E-state index contributed by atoms with van der Waals surface area (Å²) in [7, 11) is 0. The minimum Gasteiger partial charge on any atom is -0.416 e. The van der Waals surface area contributed by atoms with Crippen LogP contribution in [0.15, 0.2) is 83.4 Å². The van der Waals surface area contributed by atoms with Gasteiger partial charge in [-0.1, -0.05) is 36.4 Å². The highest BCUT2D eigenvalue weighted by atomic mass is 16.4. The number of nitrogens with zero attached hydrogens (tertiary/aromatic N) is 2. The van der Waals surface area contributed by atoms with Gasteiger partial charge in [0.2, 0.25) is 17.7 Å². The van der Waals surface area contributed by atoms with Crippen LogP contribution in [-0.4, -0.2) is 27.0 Å². The molecular formula is C26H21N5O3. The quantitative estimate of drug-likeness (QED) is 0.347. The average Bonchev–Trinajstić information content (AvgIpc) is 3.51. The number of aryl methyl sites for hydroxylation is 1. The number of amides is 2. The maximum atomic E-state index is 12.5. The number of hydrogen-bond acceptors (Lipinski definition) is 5. The van der Waals surface area contributed by atoms with Gasteiger partial charge in [0.25, 0.3) is 5.91 Å². The third-order valence-electron chi connectivity index (χ3n) is 5.54. The van der Waals surface area contributed by atoms with Crippen molar-refractivity contribution in [1.82, 2.24) is 26.0 Å². The van der Waals surface area contributed by atoms with Crippen molar-refractivity contribution >= 4 is 22.7 Å². The number of aromatic amines is 1. The van der Waals surface area contributed by atoms with Gasteiger partial charge in [0.05, 0.1) is 6.42 Å². The summed E-state index contributed by atoms with van der Waals surface area (Å²) >= 11 is 0. The van der Waals surface area contributed by atoms with Crippen molar-refractivity contribution in [3.8, 4) is 22.9 Å². The van der Waals surface area contributed by atoms with Gasteiger partial charge < -0.3 is 9.40 Å². The Morgan fingerprint density at radius 1 is 0.882 bits per heavy atom. The minimum atomic E-state index is -0.426. The molecule has 0 unspecified atom stereocenters. The lowest BCUT2D eigenvalue weighted by atomic mass is 10.1. The number of H-pyrrole nitrogens is 1. The van der Waals surface area contributed by atoms with Gasteiger partial charge in [-0.2, -0.15) is 0 Å². The molecule has 0 aliphatic heterocycles. The van der Waals surface area contributed by atoms with Gasteiger partial charge in [-0.15, -0.1) is 10.2 Å². The first-order chi connectivity index (χ1) is 16.6. The van der Waals surface area contributed by atoms with Gasteiger partial charge >= 0.3 is 0 Å². The zero-order valence-corrected chi connectivity index (χ0v) is 18.3. The predicted octanol–water partition coefficient (Wildman–Crippen LogP) is 4.20. The van der Waals surface area contributed by atoms with E-state index in [2.05, 4.69) is 26.0 Å². The van der Waals surface area contributed by atoms with Crippen LogP contribution in [0.3, 0.4) is 0 Å². The predicted molar refractivity (Wildman–Crippen MR) is 128 cm³/mol. The lowest BCUT2D eigenvalue weighted by Crippen LogP contribution is -2.42. The number of hydrogen-bond donors (Lipinski definition) is 3. The van der Waals surface area contributed by atoms with Crippen LogP contribution < -0.4 is 10.9 Å². The first kappa shape index (κ1) is 21.1. The summed E-state index contributed by atoms with van der Waals surface area (Å²) in [6.07, 6.45) is 1.94. The molecule has 2 heterocycles. The molecule has 0 aliphatic rings. The van der Waals surface area contributed by atoms with Crippen molar-refractivity contribution in [3.05, 3.63) is 95.7 Å². The molecule has 0 saturated carbocycles. The molecule has 5 rings (SSSR count). The Kier molecular flexibility index (Phi) is 5.61. The second-order valence-corrected chi connectivity index (χ2v) is 7.84. The number of carbonyl (C=O) groups excluding carboxylic acids is 2. The Morgan fingerprint density at radius 2 is 1.62 bits per heavy atom. The first-order valence-corrected chi connectivity index (χ1v) is 10.7. The number of fused-ring (bicyclic) bond motifs is 1. The van der Waals surface area contributed by atoms with Gasteiger partial charge in [0.15, 0.2) is 0 Å². The SMILES string of the molecule is Cc1ccccc1-c1nnc(-c2ccc(C(=O)NNC(=O)Cc3c[nH]c4ccccc34)cc2)o1. The Bertz CT molecular complexity index is 1480. The molecule has 0 radical (unpaired) electrons. The molecule has 0 fully saturated rings. The van der Waals surface area contributed by atoms with E-state index in [9.17, 15) is 9.59 Å². The van der Waals surface area contributed by atoms with Crippen molar-refractivity contribution in [2.75, 3.05) is 0 Å². The normalized spacial score (nSPS) is 10.9. The Balaban J connectivity index is 1.20. The Hall–Kier alpha value is -4.72. The van der Waals surface area contributed by atoms with Crippen molar-refractivity contribution in [3.63, 3.8) is 0 Å². The van der Waals surface area contributed by atoms with E-state index in [0.29, 0.717) is 22.9 Å². The van der Waals surface area contributed by atoms with Crippen LogP contribution in [0.2, 0.25) is 0 Å². The Morgan fingerprint density at radius 3 is 2.44 bits per heavy atom. The molecule has 34 heavy (non-hydrogen) atoms. The average molecular weight is 451 g/mol. The number of carbonyl (C=O) groups is 2. The summed E-state index contributed by atoms with van der Waals surface area (Å²) in [5, 5.41) is 9.23. The molecule has 0 atom stereocenters. The topological polar surface area (TPSA) is 113 Å². The fraction of sp³-hybridized carbons (Fsp3) is 0.0769. The fourth-order valence-electron chi connectivity index (χ4n) is 3.72. The third-order valence-corrected chi connectivity index (χ3v) is 5.54. The maximum Gasteiger partial charge on any atom is 0.269 e. The highest BCUT2D eigenvalue weighted by molar-refractivity contribution is 5.96. The zero-order valence-electron chi connectivity index (χ0n) is 18.3. The number of benzene rings is 3. The summed E-state index contributed by atoms with van der Waals surface area (Å²) < 4.78 is 5.81. The van der Waals surface area contributed by atoms with E-state index in [4.69, 9.17) is 4.42 Å². The number of para-hydroxylation sites is 1. The van der Waals surface area contributed by atoms with E-state index in [0.717, 1.165) is 27.6 Å². The molecule has 2 amide bonds. The second kappa shape index (κ2) is 9.03. The smallest absolute Gasteiger partial charge is 0.269 e. The van der Waals surface area contributed by atoms with E-state index in [1.807, 2.05) is 55.5 Å². The van der Waals surface area contributed by atoms with E-state index in [1.54, 1.807) is 30.5 Å². The zero-order chi connectivity index (χ0) is 23.5. The molecule has 0 saturated heterocycles. The first-order valence-electron chi connectivity index (χ1n) is 10.7. The fourth-order valence-corrected chi connectivity index (χ4v) is 3.72. The van der Waals surface area contributed by atoms with Gasteiger partial charge in [-0.3, -0.25) is 20.4 Å². The van der Waals surface area contributed by atoms with Crippen LogP contribution in [0.1, 0.15) is 21.5 Å². The van der Waals surface area contributed by atoms with E-state index < -0.39 is 5.91 Å². The van der Waals surface area contributed by atoms with Gasteiger partial charge in [0, 0.05) is 33.8 Å². The van der Waals surface area contributed by atoms with Gasteiger partial charge in [0.1, 0.15) is 0 Å². The molecule has 0 spiro atoms. The summed E-state index contributed by atoms with van der Waals surface area (Å²) in [6, 6.07) is 22.2. The molecule has 5 aromatic rings. The Labute approximate surface area is 195 Å². The number of aromatic nitrogens is 3. The molecule has 3 aromatic carbocycles. The summed E-state index contributed by atoms with van der Waals surface area (Å²) in [5.41, 5.74) is 9.72. The van der Waals surface area contributed by atoms with Crippen molar-refractivity contribution in [2.24, 2.45) is 0 Å². The van der Waals surface area contributed by atoms with Crippen molar-refractivity contribution < 1.29 is 14.0 Å². The van der Waals surface area contributed by atoms with E-state index in [-0.39, 0.29) is 12.3 Å². The largest absolute Gasteiger partial charge is 0.416 e. The minimum absolute atomic E-state index is 0.142. The maximum absolute atomic E-state index is 12.5. The number of rotatable bonds is 5. The third kappa shape index (κ3) is 4.29. The summed E-state index contributed by atoms with van der Waals surface area (Å²) in [6.45, 7) is 1.98. The summed E-state index contributed by atoms with van der Waals surface area (Å²) in [5.74, 6) is 0.0550. The van der Waals surface area contributed by atoms with Gasteiger partial charge in [-0.05, 0) is 54.4 Å². The van der Waals surface area contributed by atoms with Crippen molar-refractivity contribution in [1.29, 1.82) is 0 Å². The lowest BCUT2D eigenvalue weighted by Gasteiger charge is -2.07. The molecule has 168 valence electrons. The van der Waals surface area contributed by atoms with Crippen LogP contribution in [-0.2, 0) is 11.2 Å². The number of nitrogens with one attached hydrogen (secondary N) is 3. The number of hydrazine groups is 1. The molecule has 0 aliphatic carbocycles. The van der Waals surface area contributed by atoms with Crippen LogP contribution in [0.5, 0.6) is 0 Å². The highest BCUT2D eigenvalue weighted by Gasteiger charge is 2.14. The van der Waals surface area contributed by atoms with E-state index >= 15 is 0 Å². The highest BCUT2D eigenvalue weighted by Crippen LogP contribution is 2.26. The van der Waals surface area contributed by atoms with Crippen LogP contribution in [0.4, 0.5) is 0 Å². The van der Waals surface area contributed by atoms with Gasteiger partial charge in [-0.25, -0.2) is 0 Å². The monoisotopic (exact) mass is 451 g/mol. The molecule has 8 nitrogen and oxygen atoms in total. The standard InChI is InChI=1S/C26H21N5O3/c1-16-6-2-3-7-20(16)26-31-30-25(34-26)18-12-10-17(11-13-18)24(33)29-28-23(32)14-19-15-27-22-9-5-4-8-21(19)22/h2-13,15,27H,14H2,1H3,(H,28,32)(H,29,33). The molecular weight excluding hydrogens is 430 g/mol. The lowest BCUT2D eigenvalue weighted by molar-refractivity contribution is -0.121. The molecule has 2 aromatic heterocycles. The van der Waals surface area contributed by atoms with Crippen LogP contribution >= 0.6 is 0 Å². The summed E-state index contributed by atoms with van der Waals surface area (Å²) in [4.78, 5) is 27.9. The molecule has 8 heteroatoms. The van der Waals surface area contributed by atoms with Crippen LogP contribution in [0.25, 0.3) is 33.8 Å². The van der Waals surface area contributed by atoms with Crippen LogP contribution in [0, 0.1) is 6.92 Å². The molecule has 3 N–H and O–H groups in total. The molecule has 0 bridgehead atoms. The second-order valence-electron chi connectivity index (χ2n) is 7.84. The van der Waals surface area contributed by atoms with Crippen molar-refractivity contribution in [2.45, 2.75) is 13.3 Å². The van der Waals surface area contributed by atoms with E-state index in [1.165, 1.54) is 0 Å².